The molecule has 3 rings (SSSR count). The zero-order valence-corrected chi connectivity index (χ0v) is 15.8. The lowest BCUT2D eigenvalue weighted by atomic mass is 10.2. The third kappa shape index (κ3) is 4.03. The summed E-state index contributed by atoms with van der Waals surface area (Å²) in [7, 11) is -3.89. The molecule has 0 amide bonds. The SMILES string of the molecule is Cc1ccc([N+](=O)[O-])cc1S(=O)(=O)N1CCN(Cc2nccn2C(F)F)CC1. The molecule has 2 heterocycles. The zero-order chi connectivity index (χ0) is 20.5. The lowest BCUT2D eigenvalue weighted by Crippen LogP contribution is -2.48. The molecule has 152 valence electrons. The predicted octanol–water partition coefficient (Wildman–Crippen LogP) is 2.00. The molecule has 1 aliphatic rings. The highest BCUT2D eigenvalue weighted by Crippen LogP contribution is 2.26. The van der Waals surface area contributed by atoms with Crippen LogP contribution in [-0.4, -0.2) is 58.3 Å². The monoisotopic (exact) mass is 415 g/mol. The van der Waals surface area contributed by atoms with Crippen molar-refractivity contribution >= 4 is 15.7 Å². The van der Waals surface area contributed by atoms with E-state index in [1.165, 1.54) is 28.8 Å². The second kappa shape index (κ2) is 7.89. The number of benzene rings is 1. The van der Waals surface area contributed by atoms with E-state index in [1.807, 2.05) is 4.90 Å². The molecule has 28 heavy (non-hydrogen) atoms. The highest BCUT2D eigenvalue weighted by atomic mass is 32.2. The number of halogens is 2. The smallest absolute Gasteiger partial charge is 0.293 e. The van der Waals surface area contributed by atoms with Crippen molar-refractivity contribution in [2.45, 2.75) is 24.9 Å². The van der Waals surface area contributed by atoms with Crippen LogP contribution in [-0.2, 0) is 16.6 Å². The molecule has 0 bridgehead atoms. The van der Waals surface area contributed by atoms with E-state index in [0.29, 0.717) is 18.7 Å². The normalized spacial score (nSPS) is 16.6. The average molecular weight is 415 g/mol. The Hall–Kier alpha value is -2.44. The van der Waals surface area contributed by atoms with E-state index in [4.69, 9.17) is 0 Å². The first-order valence-corrected chi connectivity index (χ1v) is 9.91. The number of sulfonamides is 1. The molecule has 1 aliphatic heterocycles. The molecular weight excluding hydrogens is 396 g/mol. The highest BCUT2D eigenvalue weighted by Gasteiger charge is 2.31. The van der Waals surface area contributed by atoms with Crippen molar-refractivity contribution in [3.05, 3.63) is 52.1 Å². The van der Waals surface area contributed by atoms with Crippen LogP contribution >= 0.6 is 0 Å². The van der Waals surface area contributed by atoms with Crippen molar-refractivity contribution in [1.29, 1.82) is 0 Å². The summed E-state index contributed by atoms with van der Waals surface area (Å²) in [6.45, 7) is 0.0562. The molecule has 0 N–H and O–H groups in total. The molecule has 1 aromatic carbocycles. The fourth-order valence-electron chi connectivity index (χ4n) is 3.09. The van der Waals surface area contributed by atoms with Gasteiger partial charge in [-0.2, -0.15) is 13.1 Å². The topological polar surface area (TPSA) is 102 Å². The maximum atomic E-state index is 12.9. The standard InChI is InChI=1S/C16H19F2N5O4S/c1-12-2-3-13(23(24)25)10-14(12)28(26,27)21-8-6-20(7-9-21)11-15-19-4-5-22(15)16(17)18/h2-5,10,16H,6-9,11H2,1H3. The Labute approximate surface area is 160 Å². The third-order valence-electron chi connectivity index (χ3n) is 4.66. The first kappa shape index (κ1) is 20.3. The Morgan fingerprint density at radius 3 is 2.54 bits per heavy atom. The molecule has 2 aromatic rings. The summed E-state index contributed by atoms with van der Waals surface area (Å²) in [4.78, 5) is 16.0. The van der Waals surface area contributed by atoms with Crippen LogP contribution in [0.2, 0.25) is 0 Å². The summed E-state index contributed by atoms with van der Waals surface area (Å²) >= 11 is 0. The van der Waals surface area contributed by atoms with Crippen LogP contribution < -0.4 is 0 Å². The van der Waals surface area contributed by atoms with E-state index in [2.05, 4.69) is 4.98 Å². The molecule has 1 saturated heterocycles. The zero-order valence-electron chi connectivity index (χ0n) is 15.0. The third-order valence-corrected chi connectivity index (χ3v) is 6.70. The van der Waals surface area contributed by atoms with Crippen LogP contribution in [0, 0.1) is 17.0 Å². The first-order valence-electron chi connectivity index (χ1n) is 8.47. The van der Waals surface area contributed by atoms with Crippen molar-refractivity contribution in [3.8, 4) is 0 Å². The maximum absolute atomic E-state index is 12.9. The van der Waals surface area contributed by atoms with Gasteiger partial charge in [0, 0.05) is 50.7 Å². The number of hydrogen-bond donors (Lipinski definition) is 0. The van der Waals surface area contributed by atoms with Gasteiger partial charge in [-0.05, 0) is 12.5 Å². The van der Waals surface area contributed by atoms with Gasteiger partial charge in [-0.25, -0.2) is 13.4 Å². The quantitative estimate of drug-likeness (QED) is 0.528. The number of aryl methyl sites for hydroxylation is 1. The van der Waals surface area contributed by atoms with Crippen LogP contribution in [0.25, 0.3) is 0 Å². The van der Waals surface area contributed by atoms with Gasteiger partial charge in [-0.1, -0.05) is 6.07 Å². The van der Waals surface area contributed by atoms with Crippen LogP contribution in [0.4, 0.5) is 14.5 Å². The minimum Gasteiger partial charge on any atom is -0.293 e. The molecule has 9 nitrogen and oxygen atoms in total. The molecule has 0 spiro atoms. The fourth-order valence-corrected chi connectivity index (χ4v) is 4.76. The number of piperazine rings is 1. The van der Waals surface area contributed by atoms with Gasteiger partial charge in [0.05, 0.1) is 16.4 Å². The van der Waals surface area contributed by atoms with Crippen LogP contribution in [0.5, 0.6) is 0 Å². The van der Waals surface area contributed by atoms with Gasteiger partial charge in [0.15, 0.2) is 0 Å². The van der Waals surface area contributed by atoms with Gasteiger partial charge in [0.1, 0.15) is 5.82 Å². The molecule has 0 saturated carbocycles. The lowest BCUT2D eigenvalue weighted by molar-refractivity contribution is -0.385. The van der Waals surface area contributed by atoms with Gasteiger partial charge < -0.3 is 0 Å². The summed E-state index contributed by atoms with van der Waals surface area (Å²) in [5, 5.41) is 11.0. The Morgan fingerprint density at radius 2 is 1.93 bits per heavy atom. The Kier molecular flexibility index (Phi) is 5.72. The number of non-ortho nitro benzene ring substituents is 1. The second-order valence-corrected chi connectivity index (χ2v) is 8.32. The minimum atomic E-state index is -3.89. The fraction of sp³-hybridized carbons (Fsp3) is 0.438. The van der Waals surface area contributed by atoms with E-state index < -0.39 is 21.5 Å². The molecule has 0 unspecified atom stereocenters. The van der Waals surface area contributed by atoms with Crippen LogP contribution in [0.15, 0.2) is 35.5 Å². The highest BCUT2D eigenvalue weighted by molar-refractivity contribution is 7.89. The largest absolute Gasteiger partial charge is 0.319 e. The van der Waals surface area contributed by atoms with Gasteiger partial charge >= 0.3 is 6.55 Å². The molecule has 0 aliphatic carbocycles. The second-order valence-electron chi connectivity index (χ2n) is 6.42. The average Bonchev–Trinajstić information content (AvgIpc) is 3.10. The van der Waals surface area contributed by atoms with Crippen LogP contribution in [0.1, 0.15) is 17.9 Å². The van der Waals surface area contributed by atoms with Gasteiger partial charge in [-0.15, -0.1) is 0 Å². The molecule has 1 aromatic heterocycles. The number of nitro benzene ring substituents is 1. The van der Waals surface area contributed by atoms with Crippen molar-refractivity contribution in [2.75, 3.05) is 26.2 Å². The van der Waals surface area contributed by atoms with E-state index in [9.17, 15) is 27.3 Å². The Morgan fingerprint density at radius 1 is 1.25 bits per heavy atom. The Balaban J connectivity index is 1.71. The lowest BCUT2D eigenvalue weighted by Gasteiger charge is -2.34. The number of hydrogen-bond acceptors (Lipinski definition) is 6. The molecule has 1 fully saturated rings. The van der Waals surface area contributed by atoms with E-state index in [0.717, 1.165) is 10.6 Å². The molecule has 0 radical (unpaired) electrons. The predicted molar refractivity (Wildman–Crippen MR) is 95.3 cm³/mol. The number of aromatic nitrogens is 2. The first-order chi connectivity index (χ1) is 13.2. The minimum absolute atomic E-state index is 0.0941. The van der Waals surface area contributed by atoms with Crippen molar-refractivity contribution in [2.24, 2.45) is 0 Å². The molecule has 0 atom stereocenters. The summed E-state index contributed by atoms with van der Waals surface area (Å²) in [6.07, 6.45) is 2.50. The number of imidazole rings is 1. The van der Waals surface area contributed by atoms with E-state index in [1.54, 1.807) is 6.92 Å². The molecule has 12 heteroatoms. The summed E-state index contributed by atoms with van der Waals surface area (Å²) in [5.41, 5.74) is 0.133. The summed E-state index contributed by atoms with van der Waals surface area (Å²) < 4.78 is 53.7. The van der Waals surface area contributed by atoms with Gasteiger partial charge in [0.2, 0.25) is 10.0 Å². The van der Waals surface area contributed by atoms with Crippen molar-refractivity contribution in [1.82, 2.24) is 18.8 Å². The van der Waals surface area contributed by atoms with E-state index in [-0.39, 0.29) is 36.0 Å². The Bertz CT molecular complexity index is 971. The van der Waals surface area contributed by atoms with Crippen molar-refractivity contribution in [3.63, 3.8) is 0 Å². The van der Waals surface area contributed by atoms with Gasteiger partial charge in [-0.3, -0.25) is 19.6 Å². The molecular formula is C16H19F2N5O4S. The van der Waals surface area contributed by atoms with Gasteiger partial charge in [0.25, 0.3) is 5.69 Å². The number of rotatable bonds is 6. The number of nitrogens with zero attached hydrogens (tertiary/aromatic N) is 5. The maximum Gasteiger partial charge on any atom is 0.319 e. The van der Waals surface area contributed by atoms with E-state index >= 15 is 0 Å². The number of nitro groups is 1. The van der Waals surface area contributed by atoms with Crippen molar-refractivity contribution < 1.29 is 22.1 Å². The summed E-state index contributed by atoms with van der Waals surface area (Å²) in [5.74, 6) is 0.209. The summed E-state index contributed by atoms with van der Waals surface area (Å²) in [6, 6.07) is 3.74. The van der Waals surface area contributed by atoms with Crippen LogP contribution in [0.3, 0.4) is 0 Å². The number of alkyl halides is 2.